The average Bonchev–Trinajstić information content (AvgIpc) is 2.99. The molecule has 28 heavy (non-hydrogen) atoms. The molecular weight excluding hydrogens is 397 g/mol. The summed E-state index contributed by atoms with van der Waals surface area (Å²) in [6, 6.07) is 1.43. The Labute approximate surface area is 161 Å². The summed E-state index contributed by atoms with van der Waals surface area (Å²) in [7, 11) is 1.24. The molecule has 1 amide bonds. The summed E-state index contributed by atoms with van der Waals surface area (Å²) in [5.74, 6) is -1.28. The fraction of sp³-hybridized carbons (Fsp3) is 0.389. The Kier molecular flexibility index (Phi) is 5.59. The third-order valence-electron chi connectivity index (χ3n) is 4.44. The number of methoxy groups -OCH3 is 1. The molecule has 3 rings (SSSR count). The van der Waals surface area contributed by atoms with Gasteiger partial charge in [-0.3, -0.25) is 9.59 Å². The Hall–Kier alpha value is -2.62. The zero-order valence-corrected chi connectivity index (χ0v) is 15.7. The maximum Gasteiger partial charge on any atom is 0.417 e. The number of hydrogen-bond donors (Lipinski definition) is 1. The van der Waals surface area contributed by atoms with Gasteiger partial charge in [0, 0.05) is 17.1 Å². The molecule has 2 heterocycles. The van der Waals surface area contributed by atoms with Gasteiger partial charge in [-0.15, -0.1) is 11.3 Å². The van der Waals surface area contributed by atoms with E-state index in [4.69, 9.17) is 4.74 Å². The van der Waals surface area contributed by atoms with Crippen LogP contribution in [0.5, 0.6) is 0 Å². The summed E-state index contributed by atoms with van der Waals surface area (Å²) in [5, 5.41) is 2.85. The lowest BCUT2D eigenvalue weighted by Crippen LogP contribution is -2.28. The minimum absolute atomic E-state index is 0.284. The van der Waals surface area contributed by atoms with Crippen molar-refractivity contribution in [2.75, 3.05) is 12.4 Å². The van der Waals surface area contributed by atoms with Crippen LogP contribution in [0.25, 0.3) is 0 Å². The van der Waals surface area contributed by atoms with Gasteiger partial charge in [0.15, 0.2) is 0 Å². The van der Waals surface area contributed by atoms with Crippen LogP contribution in [0.4, 0.5) is 18.2 Å². The molecule has 1 aliphatic carbocycles. The van der Waals surface area contributed by atoms with Crippen molar-refractivity contribution in [3.63, 3.8) is 0 Å². The van der Waals surface area contributed by atoms with Crippen LogP contribution in [-0.4, -0.2) is 23.6 Å². The lowest BCUT2D eigenvalue weighted by atomic mass is 9.95. The van der Waals surface area contributed by atoms with Gasteiger partial charge in [0.25, 0.3) is 5.56 Å². The number of carbonyl (C=O) groups excluding carboxylic acids is 2. The van der Waals surface area contributed by atoms with Crippen molar-refractivity contribution in [1.29, 1.82) is 0 Å². The Balaban J connectivity index is 1.86. The number of ether oxygens (including phenoxy) is 1. The van der Waals surface area contributed by atoms with Crippen LogP contribution in [0.15, 0.2) is 23.1 Å². The van der Waals surface area contributed by atoms with E-state index in [0.29, 0.717) is 28.3 Å². The number of thiophene rings is 1. The van der Waals surface area contributed by atoms with Crippen LogP contribution in [0, 0.1) is 0 Å². The largest absolute Gasteiger partial charge is 0.465 e. The first kappa shape index (κ1) is 20.1. The van der Waals surface area contributed by atoms with E-state index < -0.39 is 35.7 Å². The number of aromatic nitrogens is 1. The van der Waals surface area contributed by atoms with Crippen LogP contribution >= 0.6 is 11.3 Å². The summed E-state index contributed by atoms with van der Waals surface area (Å²) < 4.78 is 44.0. The number of pyridine rings is 1. The molecule has 0 spiro atoms. The normalized spacial score (nSPS) is 13.7. The molecule has 10 heteroatoms. The van der Waals surface area contributed by atoms with Gasteiger partial charge in [-0.25, -0.2) is 4.79 Å². The summed E-state index contributed by atoms with van der Waals surface area (Å²) in [5.41, 5.74) is -0.634. The Bertz CT molecular complexity index is 978. The number of nitrogens with zero attached hydrogens (tertiary/aromatic N) is 1. The van der Waals surface area contributed by atoms with E-state index in [9.17, 15) is 27.6 Å². The topological polar surface area (TPSA) is 77.4 Å². The average molecular weight is 414 g/mol. The van der Waals surface area contributed by atoms with Gasteiger partial charge in [0.1, 0.15) is 11.5 Å². The molecular formula is C18H17F3N2O4S. The van der Waals surface area contributed by atoms with Crippen molar-refractivity contribution in [3.05, 3.63) is 50.3 Å². The first-order chi connectivity index (χ1) is 13.2. The molecule has 0 aliphatic heterocycles. The van der Waals surface area contributed by atoms with Crippen LogP contribution in [0.1, 0.15) is 39.2 Å². The van der Waals surface area contributed by atoms with E-state index in [2.05, 4.69) is 5.32 Å². The van der Waals surface area contributed by atoms with Gasteiger partial charge in [-0.1, -0.05) is 0 Å². The number of anilines is 1. The SMILES string of the molecule is COC(=O)c1c(NC(=O)Cn2cc(C(F)(F)F)ccc2=O)sc2c1CCCC2. The smallest absolute Gasteiger partial charge is 0.417 e. The first-order valence-corrected chi connectivity index (χ1v) is 9.32. The van der Waals surface area contributed by atoms with Gasteiger partial charge in [0.2, 0.25) is 5.91 Å². The molecule has 0 fully saturated rings. The number of aryl methyl sites for hydroxylation is 1. The summed E-state index contributed by atoms with van der Waals surface area (Å²) in [6.45, 7) is -0.605. The second kappa shape index (κ2) is 7.78. The second-order valence-electron chi connectivity index (χ2n) is 6.34. The van der Waals surface area contributed by atoms with E-state index in [-0.39, 0.29) is 5.56 Å². The summed E-state index contributed by atoms with van der Waals surface area (Å²) in [6.07, 6.45) is -0.659. The molecule has 0 atom stereocenters. The minimum Gasteiger partial charge on any atom is -0.465 e. The van der Waals surface area contributed by atoms with Crippen molar-refractivity contribution in [2.45, 2.75) is 38.4 Å². The van der Waals surface area contributed by atoms with Gasteiger partial charge >= 0.3 is 12.1 Å². The van der Waals surface area contributed by atoms with E-state index in [1.165, 1.54) is 18.4 Å². The number of nitrogens with one attached hydrogen (secondary N) is 1. The Morgan fingerprint density at radius 3 is 2.64 bits per heavy atom. The van der Waals surface area contributed by atoms with Crippen molar-refractivity contribution in [3.8, 4) is 0 Å². The van der Waals surface area contributed by atoms with Gasteiger partial charge in [0.05, 0.1) is 18.2 Å². The van der Waals surface area contributed by atoms with E-state index in [1.807, 2.05) is 0 Å². The summed E-state index contributed by atoms with van der Waals surface area (Å²) >= 11 is 1.26. The molecule has 0 bridgehead atoms. The first-order valence-electron chi connectivity index (χ1n) is 8.51. The molecule has 1 aliphatic rings. The number of rotatable bonds is 4. The fourth-order valence-corrected chi connectivity index (χ4v) is 4.41. The number of alkyl halides is 3. The maximum absolute atomic E-state index is 12.8. The van der Waals surface area contributed by atoms with E-state index >= 15 is 0 Å². The van der Waals surface area contributed by atoms with Crippen LogP contribution < -0.4 is 10.9 Å². The molecule has 6 nitrogen and oxygen atoms in total. The fourth-order valence-electron chi connectivity index (χ4n) is 3.12. The highest BCUT2D eigenvalue weighted by atomic mass is 32.1. The molecule has 0 unspecified atom stereocenters. The lowest BCUT2D eigenvalue weighted by Gasteiger charge is -2.12. The number of esters is 1. The predicted octanol–water partition coefficient (Wildman–Crippen LogP) is 3.23. The quantitative estimate of drug-likeness (QED) is 0.780. The zero-order valence-electron chi connectivity index (χ0n) is 14.9. The van der Waals surface area contributed by atoms with Crippen molar-refractivity contribution in [2.24, 2.45) is 0 Å². The second-order valence-corrected chi connectivity index (χ2v) is 7.44. The summed E-state index contributed by atoms with van der Waals surface area (Å²) in [4.78, 5) is 37.3. The van der Waals surface area contributed by atoms with Crippen LogP contribution in [-0.2, 0) is 35.1 Å². The third kappa shape index (κ3) is 4.11. The molecule has 2 aromatic heterocycles. The molecule has 0 saturated carbocycles. The molecule has 2 aromatic rings. The maximum atomic E-state index is 12.8. The molecule has 0 aromatic carbocycles. The zero-order chi connectivity index (χ0) is 20.5. The number of amides is 1. The predicted molar refractivity (Wildman–Crippen MR) is 96.6 cm³/mol. The van der Waals surface area contributed by atoms with Gasteiger partial charge in [-0.05, 0) is 37.3 Å². The highest BCUT2D eigenvalue weighted by Crippen LogP contribution is 2.38. The highest BCUT2D eigenvalue weighted by molar-refractivity contribution is 7.17. The molecule has 0 radical (unpaired) electrons. The number of fused-ring (bicyclic) bond motifs is 1. The number of hydrogen-bond acceptors (Lipinski definition) is 5. The monoisotopic (exact) mass is 414 g/mol. The molecule has 0 saturated heterocycles. The number of carbonyl (C=O) groups is 2. The van der Waals surface area contributed by atoms with Crippen molar-refractivity contribution in [1.82, 2.24) is 4.57 Å². The highest BCUT2D eigenvalue weighted by Gasteiger charge is 2.31. The third-order valence-corrected chi connectivity index (χ3v) is 5.65. The Morgan fingerprint density at radius 2 is 1.96 bits per heavy atom. The van der Waals surface area contributed by atoms with Gasteiger partial charge < -0.3 is 14.6 Å². The standard InChI is InChI=1S/C18H17F3N2O4S/c1-27-17(26)15-11-4-2-3-5-12(11)28-16(15)22-13(24)9-23-8-10(18(19,20)21)6-7-14(23)25/h6-8H,2-5,9H2,1H3,(H,22,24). The molecule has 150 valence electrons. The Morgan fingerprint density at radius 1 is 1.25 bits per heavy atom. The number of halogens is 3. The molecule has 1 N–H and O–H groups in total. The van der Waals surface area contributed by atoms with E-state index in [1.54, 1.807) is 0 Å². The van der Waals surface area contributed by atoms with E-state index in [0.717, 1.165) is 35.8 Å². The minimum atomic E-state index is -4.63. The van der Waals surface area contributed by atoms with Crippen molar-refractivity contribution < 1.29 is 27.5 Å². The van der Waals surface area contributed by atoms with Crippen molar-refractivity contribution >= 4 is 28.2 Å². The van der Waals surface area contributed by atoms with Gasteiger partial charge in [-0.2, -0.15) is 13.2 Å². The van der Waals surface area contributed by atoms with Crippen LogP contribution in [0.2, 0.25) is 0 Å². The lowest BCUT2D eigenvalue weighted by molar-refractivity contribution is -0.138. The van der Waals surface area contributed by atoms with Crippen LogP contribution in [0.3, 0.4) is 0 Å².